The molecule has 3 aromatic rings. The second kappa shape index (κ2) is 8.67. The topological polar surface area (TPSA) is 43.7 Å². The fraction of sp³-hybridized carbons (Fsp3) is 0.208. The van der Waals surface area contributed by atoms with Gasteiger partial charge in [0.2, 0.25) is 5.91 Å². The molecular formula is C24H23ClN2O3. The molecule has 0 radical (unpaired) electrons. The highest BCUT2D eigenvalue weighted by Gasteiger charge is 2.30. The number of benzene rings is 2. The van der Waals surface area contributed by atoms with E-state index in [0.717, 1.165) is 23.4 Å². The van der Waals surface area contributed by atoms with E-state index in [9.17, 15) is 4.79 Å². The number of methoxy groups -OCH3 is 2. The van der Waals surface area contributed by atoms with Gasteiger partial charge in [-0.25, -0.2) is 0 Å². The summed E-state index contributed by atoms with van der Waals surface area (Å²) in [5.74, 6) is 0.945. The quantitative estimate of drug-likeness (QED) is 0.554. The van der Waals surface area contributed by atoms with Crippen LogP contribution >= 0.6 is 11.6 Å². The number of ether oxygens (including phenoxy) is 2. The van der Waals surface area contributed by atoms with E-state index in [-0.39, 0.29) is 11.9 Å². The molecule has 0 saturated heterocycles. The van der Waals surface area contributed by atoms with E-state index in [1.165, 1.54) is 0 Å². The molecule has 0 N–H and O–H groups in total. The molecule has 0 fully saturated rings. The number of hydrogen-bond acceptors (Lipinski definition) is 3. The van der Waals surface area contributed by atoms with E-state index >= 15 is 0 Å². The molecule has 5 nitrogen and oxygen atoms in total. The second-order valence-electron chi connectivity index (χ2n) is 7.04. The number of carbonyl (C=O) groups excluding carboxylic acids is 1. The molecule has 1 amide bonds. The number of hydrogen-bond donors (Lipinski definition) is 0. The average Bonchev–Trinajstić information content (AvgIpc) is 3.25. The molecule has 0 aliphatic carbocycles. The Morgan fingerprint density at radius 2 is 1.87 bits per heavy atom. The number of aromatic nitrogens is 1. The molecular weight excluding hydrogens is 400 g/mol. The predicted octanol–water partition coefficient (Wildman–Crippen LogP) is 4.80. The van der Waals surface area contributed by atoms with Gasteiger partial charge in [0.15, 0.2) is 11.5 Å². The number of halogens is 1. The molecule has 0 spiro atoms. The second-order valence-corrected chi connectivity index (χ2v) is 7.45. The van der Waals surface area contributed by atoms with Gasteiger partial charge in [0.25, 0.3) is 0 Å². The molecule has 6 heteroatoms. The van der Waals surface area contributed by atoms with Gasteiger partial charge in [-0.05, 0) is 41.5 Å². The Balaban J connectivity index is 1.63. The Morgan fingerprint density at radius 3 is 2.60 bits per heavy atom. The summed E-state index contributed by atoms with van der Waals surface area (Å²) in [5, 5.41) is 0.432. The molecule has 30 heavy (non-hydrogen) atoms. The van der Waals surface area contributed by atoms with Crippen molar-refractivity contribution in [1.29, 1.82) is 0 Å². The lowest BCUT2D eigenvalue weighted by molar-refractivity contribution is -0.128. The maximum absolute atomic E-state index is 13.2. The lowest BCUT2D eigenvalue weighted by atomic mass is 10.00. The van der Waals surface area contributed by atoms with Crippen molar-refractivity contribution in [3.8, 4) is 11.5 Å². The van der Waals surface area contributed by atoms with Crippen LogP contribution in [-0.2, 0) is 11.3 Å². The van der Waals surface area contributed by atoms with Gasteiger partial charge in [0.1, 0.15) is 0 Å². The third kappa shape index (κ3) is 3.81. The number of carbonyl (C=O) groups is 1. The number of rotatable bonds is 5. The van der Waals surface area contributed by atoms with Crippen LogP contribution in [0.15, 0.2) is 66.9 Å². The summed E-state index contributed by atoms with van der Waals surface area (Å²) in [4.78, 5) is 15.1. The molecule has 2 heterocycles. The Morgan fingerprint density at radius 1 is 1.07 bits per heavy atom. The zero-order valence-electron chi connectivity index (χ0n) is 16.9. The van der Waals surface area contributed by atoms with Gasteiger partial charge >= 0.3 is 0 Å². The Kier molecular flexibility index (Phi) is 5.81. The zero-order valence-corrected chi connectivity index (χ0v) is 17.7. The molecule has 1 aliphatic heterocycles. The molecule has 1 atom stereocenters. The van der Waals surface area contributed by atoms with Crippen molar-refractivity contribution in [3.05, 3.63) is 88.7 Å². The van der Waals surface area contributed by atoms with E-state index in [1.54, 1.807) is 38.5 Å². The van der Waals surface area contributed by atoms with Gasteiger partial charge in [0.05, 0.1) is 25.3 Å². The number of fused-ring (bicyclic) bond motifs is 1. The molecule has 0 bridgehead atoms. The number of nitrogens with zero attached hydrogens (tertiary/aromatic N) is 2. The van der Waals surface area contributed by atoms with Gasteiger partial charge in [-0.1, -0.05) is 41.9 Å². The largest absolute Gasteiger partial charge is 0.493 e. The summed E-state index contributed by atoms with van der Waals surface area (Å²) in [6, 6.07) is 17.6. The van der Waals surface area contributed by atoms with Crippen LogP contribution in [0.5, 0.6) is 11.5 Å². The van der Waals surface area contributed by atoms with Crippen LogP contribution in [0.1, 0.15) is 22.9 Å². The van der Waals surface area contributed by atoms with E-state index in [0.29, 0.717) is 23.1 Å². The van der Waals surface area contributed by atoms with E-state index in [1.807, 2.05) is 29.2 Å². The molecule has 1 unspecified atom stereocenters. The Bertz CT molecular complexity index is 1080. The first-order chi connectivity index (χ1) is 14.6. The lowest BCUT2D eigenvalue weighted by Gasteiger charge is -2.36. The summed E-state index contributed by atoms with van der Waals surface area (Å²) < 4.78 is 12.8. The molecule has 1 aromatic heterocycles. The highest BCUT2D eigenvalue weighted by atomic mass is 35.5. The fourth-order valence-corrected chi connectivity index (χ4v) is 4.20. The molecule has 2 aromatic carbocycles. The summed E-state index contributed by atoms with van der Waals surface area (Å²) in [5.41, 5.74) is 2.97. The van der Waals surface area contributed by atoms with Gasteiger partial charge in [-0.15, -0.1) is 0 Å². The van der Waals surface area contributed by atoms with Gasteiger partial charge in [0, 0.05) is 31.1 Å². The summed E-state index contributed by atoms with van der Waals surface area (Å²) in [7, 11) is 3.10. The van der Waals surface area contributed by atoms with Crippen molar-refractivity contribution in [1.82, 2.24) is 9.47 Å². The van der Waals surface area contributed by atoms with Crippen LogP contribution in [0, 0.1) is 0 Å². The monoisotopic (exact) mass is 422 g/mol. The summed E-state index contributed by atoms with van der Waals surface area (Å²) in [6.07, 6.45) is 5.41. The van der Waals surface area contributed by atoms with Crippen molar-refractivity contribution >= 4 is 23.6 Å². The first-order valence-corrected chi connectivity index (χ1v) is 10.1. The highest BCUT2D eigenvalue weighted by Crippen LogP contribution is 2.37. The van der Waals surface area contributed by atoms with Crippen LogP contribution in [0.2, 0.25) is 5.02 Å². The third-order valence-electron chi connectivity index (χ3n) is 5.31. The summed E-state index contributed by atoms with van der Waals surface area (Å²) in [6.45, 7) is 1.41. The first-order valence-electron chi connectivity index (χ1n) is 9.72. The van der Waals surface area contributed by atoms with E-state index in [4.69, 9.17) is 21.1 Å². The minimum atomic E-state index is -0.124. The standard InChI is InChI=1S/C24H23ClN2O3/c1-29-21-16-17(15-19(25)24(21)30-2)10-11-22(28)27-14-13-26-12-6-9-20(26)23(27)18-7-4-3-5-8-18/h3-12,15-16,23H,13-14H2,1-2H3. The van der Waals surface area contributed by atoms with Crippen LogP contribution in [0.3, 0.4) is 0 Å². The van der Waals surface area contributed by atoms with Gasteiger partial charge in [-0.2, -0.15) is 0 Å². The van der Waals surface area contributed by atoms with E-state index in [2.05, 4.69) is 29.0 Å². The lowest BCUT2D eigenvalue weighted by Crippen LogP contribution is -2.41. The zero-order chi connectivity index (χ0) is 21.1. The average molecular weight is 423 g/mol. The molecule has 154 valence electrons. The van der Waals surface area contributed by atoms with Gasteiger partial charge < -0.3 is 18.9 Å². The normalized spacial score (nSPS) is 15.8. The Labute approximate surface area is 181 Å². The van der Waals surface area contributed by atoms with E-state index < -0.39 is 0 Å². The van der Waals surface area contributed by atoms with Gasteiger partial charge in [-0.3, -0.25) is 4.79 Å². The third-order valence-corrected chi connectivity index (χ3v) is 5.59. The Hall–Kier alpha value is -3.18. The van der Waals surface area contributed by atoms with Crippen LogP contribution < -0.4 is 9.47 Å². The highest BCUT2D eigenvalue weighted by molar-refractivity contribution is 6.32. The minimum Gasteiger partial charge on any atom is -0.493 e. The van der Waals surface area contributed by atoms with Crippen molar-refractivity contribution in [2.45, 2.75) is 12.6 Å². The van der Waals surface area contributed by atoms with Crippen molar-refractivity contribution in [2.24, 2.45) is 0 Å². The van der Waals surface area contributed by atoms with Crippen molar-refractivity contribution in [3.63, 3.8) is 0 Å². The summed E-state index contributed by atoms with van der Waals surface area (Å²) >= 11 is 6.29. The van der Waals surface area contributed by atoms with Crippen molar-refractivity contribution < 1.29 is 14.3 Å². The smallest absolute Gasteiger partial charge is 0.247 e. The predicted molar refractivity (Wildman–Crippen MR) is 118 cm³/mol. The first kappa shape index (κ1) is 20.1. The maximum Gasteiger partial charge on any atom is 0.247 e. The fourth-order valence-electron chi connectivity index (χ4n) is 3.90. The molecule has 4 rings (SSSR count). The maximum atomic E-state index is 13.2. The number of amides is 1. The van der Waals surface area contributed by atoms with Crippen LogP contribution in [-0.4, -0.2) is 36.1 Å². The van der Waals surface area contributed by atoms with Crippen molar-refractivity contribution in [2.75, 3.05) is 20.8 Å². The molecule has 1 aliphatic rings. The van der Waals surface area contributed by atoms with Crippen LogP contribution in [0.25, 0.3) is 6.08 Å². The molecule has 0 saturated carbocycles. The SMILES string of the molecule is COc1cc(C=CC(=O)N2CCn3cccc3C2c2ccccc2)cc(Cl)c1OC. The van der Waals surface area contributed by atoms with Crippen LogP contribution in [0.4, 0.5) is 0 Å². The minimum absolute atomic E-state index is 0.0535.